The molecule has 0 saturated carbocycles. The molecule has 0 aliphatic carbocycles. The van der Waals surface area contributed by atoms with E-state index in [1.807, 2.05) is 0 Å². The molecule has 2 N–H and O–H groups in total. The van der Waals surface area contributed by atoms with Gasteiger partial charge in [0.2, 0.25) is 5.91 Å². The van der Waals surface area contributed by atoms with Crippen LogP contribution in [0.3, 0.4) is 0 Å². The van der Waals surface area contributed by atoms with Gasteiger partial charge in [0.05, 0.1) is 5.56 Å². The van der Waals surface area contributed by atoms with E-state index in [0.717, 1.165) is 12.8 Å². The zero-order chi connectivity index (χ0) is 13.8. The maximum absolute atomic E-state index is 13.6. The number of benzene rings is 1. The van der Waals surface area contributed by atoms with Crippen LogP contribution in [0.15, 0.2) is 22.7 Å². The quantitative estimate of drug-likeness (QED) is 0.872. The van der Waals surface area contributed by atoms with Crippen molar-refractivity contribution in [2.75, 3.05) is 6.54 Å². The lowest BCUT2D eigenvalue weighted by Gasteiger charge is -2.16. The molecule has 1 atom stereocenters. The molecule has 1 aromatic rings. The lowest BCUT2D eigenvalue weighted by molar-refractivity contribution is -0.122. The topological polar surface area (TPSA) is 58.2 Å². The molecule has 1 unspecified atom stereocenters. The van der Waals surface area contributed by atoms with Gasteiger partial charge >= 0.3 is 0 Å². The molecule has 1 aliphatic rings. The molecule has 0 bridgehead atoms. The second-order valence-electron chi connectivity index (χ2n) is 4.41. The van der Waals surface area contributed by atoms with E-state index in [4.69, 9.17) is 0 Å². The molecule has 1 aliphatic heterocycles. The predicted molar refractivity (Wildman–Crippen MR) is 72.2 cm³/mol. The number of rotatable bonds is 2. The van der Waals surface area contributed by atoms with Crippen LogP contribution in [0.1, 0.15) is 29.6 Å². The van der Waals surface area contributed by atoms with Gasteiger partial charge in [-0.15, -0.1) is 0 Å². The van der Waals surface area contributed by atoms with Crippen LogP contribution < -0.4 is 10.6 Å². The lowest BCUT2D eigenvalue weighted by atomic mass is 10.1. The van der Waals surface area contributed by atoms with Gasteiger partial charge < -0.3 is 10.6 Å². The fraction of sp³-hybridized carbons (Fsp3) is 0.385. The van der Waals surface area contributed by atoms with E-state index in [-0.39, 0.29) is 11.5 Å². The minimum Gasteiger partial charge on any atom is -0.354 e. The number of carbonyl (C=O) groups excluding carboxylic acids is 2. The van der Waals surface area contributed by atoms with E-state index in [9.17, 15) is 14.0 Å². The van der Waals surface area contributed by atoms with Crippen molar-refractivity contribution in [1.29, 1.82) is 0 Å². The molecular formula is C13H14BrFN2O2. The van der Waals surface area contributed by atoms with Crippen LogP contribution in [-0.4, -0.2) is 24.4 Å². The molecule has 1 fully saturated rings. The van der Waals surface area contributed by atoms with Crippen molar-refractivity contribution < 1.29 is 14.0 Å². The second kappa shape index (κ2) is 6.14. The van der Waals surface area contributed by atoms with E-state index < -0.39 is 17.8 Å². The molecule has 0 spiro atoms. The Kier molecular flexibility index (Phi) is 4.52. The van der Waals surface area contributed by atoms with E-state index in [1.165, 1.54) is 12.1 Å². The van der Waals surface area contributed by atoms with Crippen LogP contribution in [0.5, 0.6) is 0 Å². The summed E-state index contributed by atoms with van der Waals surface area (Å²) in [5, 5.41) is 5.31. The normalized spacial score (nSPS) is 19.5. The molecular weight excluding hydrogens is 315 g/mol. The third-order valence-electron chi connectivity index (χ3n) is 3.03. The van der Waals surface area contributed by atoms with Crippen molar-refractivity contribution in [1.82, 2.24) is 10.6 Å². The van der Waals surface area contributed by atoms with Crippen LogP contribution in [0, 0.1) is 5.82 Å². The largest absolute Gasteiger partial charge is 0.354 e. The van der Waals surface area contributed by atoms with Gasteiger partial charge in [0, 0.05) is 11.0 Å². The maximum atomic E-state index is 13.6. The average Bonchev–Trinajstić information content (AvgIpc) is 2.55. The Labute approximate surface area is 118 Å². The molecule has 1 aromatic carbocycles. The Morgan fingerprint density at radius 1 is 1.42 bits per heavy atom. The first-order valence-electron chi connectivity index (χ1n) is 6.12. The van der Waals surface area contributed by atoms with E-state index in [1.54, 1.807) is 6.07 Å². The van der Waals surface area contributed by atoms with Crippen LogP contribution in [0.25, 0.3) is 0 Å². The summed E-state index contributed by atoms with van der Waals surface area (Å²) in [5.41, 5.74) is -0.0699. The minimum atomic E-state index is -0.610. The molecule has 4 nitrogen and oxygen atoms in total. The number of hydrogen-bond acceptors (Lipinski definition) is 2. The molecule has 0 radical (unpaired) electrons. The van der Waals surface area contributed by atoms with Gasteiger partial charge in [-0.25, -0.2) is 4.39 Å². The van der Waals surface area contributed by atoms with Crippen LogP contribution in [-0.2, 0) is 4.79 Å². The maximum Gasteiger partial charge on any atom is 0.256 e. The highest BCUT2D eigenvalue weighted by Crippen LogP contribution is 2.20. The van der Waals surface area contributed by atoms with Crippen LogP contribution in [0.4, 0.5) is 4.39 Å². The van der Waals surface area contributed by atoms with E-state index in [2.05, 4.69) is 26.6 Å². The molecule has 1 heterocycles. The zero-order valence-corrected chi connectivity index (χ0v) is 11.8. The van der Waals surface area contributed by atoms with Gasteiger partial charge in [-0.1, -0.05) is 6.07 Å². The predicted octanol–water partition coefficient (Wildman–Crippen LogP) is 1.99. The smallest absolute Gasteiger partial charge is 0.256 e. The Morgan fingerprint density at radius 2 is 2.21 bits per heavy atom. The molecule has 1 saturated heterocycles. The van der Waals surface area contributed by atoms with Gasteiger partial charge in [-0.05, 0) is 47.3 Å². The summed E-state index contributed by atoms with van der Waals surface area (Å²) in [6.45, 7) is 0.620. The van der Waals surface area contributed by atoms with Crippen molar-refractivity contribution in [2.24, 2.45) is 0 Å². The van der Waals surface area contributed by atoms with Gasteiger partial charge in [0.25, 0.3) is 5.91 Å². The Hall–Kier alpha value is -1.43. The fourth-order valence-corrected chi connectivity index (χ4v) is 2.54. The highest BCUT2D eigenvalue weighted by molar-refractivity contribution is 9.10. The average molecular weight is 329 g/mol. The number of hydrogen-bond donors (Lipinski definition) is 2. The van der Waals surface area contributed by atoms with Gasteiger partial charge in [-0.2, -0.15) is 0 Å². The van der Waals surface area contributed by atoms with Crippen molar-refractivity contribution in [2.45, 2.75) is 25.3 Å². The zero-order valence-electron chi connectivity index (χ0n) is 10.2. The summed E-state index contributed by atoms with van der Waals surface area (Å²) in [7, 11) is 0. The summed E-state index contributed by atoms with van der Waals surface area (Å²) in [5.74, 6) is -1.40. The van der Waals surface area contributed by atoms with Crippen LogP contribution in [0.2, 0.25) is 0 Å². The highest BCUT2D eigenvalue weighted by atomic mass is 79.9. The molecule has 2 rings (SSSR count). The molecule has 2 amide bonds. The Bertz CT molecular complexity index is 487. The minimum absolute atomic E-state index is 0.0699. The lowest BCUT2D eigenvalue weighted by Crippen LogP contribution is -2.45. The summed E-state index contributed by atoms with van der Waals surface area (Å²) in [4.78, 5) is 23.8. The van der Waals surface area contributed by atoms with Crippen molar-refractivity contribution in [3.8, 4) is 0 Å². The first-order chi connectivity index (χ1) is 9.09. The van der Waals surface area contributed by atoms with Gasteiger partial charge in [0.15, 0.2) is 0 Å². The van der Waals surface area contributed by atoms with Crippen LogP contribution >= 0.6 is 15.9 Å². The number of carbonyl (C=O) groups is 2. The first kappa shape index (κ1) is 14.0. The monoisotopic (exact) mass is 328 g/mol. The fourth-order valence-electron chi connectivity index (χ4n) is 2.02. The van der Waals surface area contributed by atoms with Crippen molar-refractivity contribution in [3.63, 3.8) is 0 Å². The highest BCUT2D eigenvalue weighted by Gasteiger charge is 2.25. The van der Waals surface area contributed by atoms with Gasteiger partial charge in [0.1, 0.15) is 11.9 Å². The first-order valence-corrected chi connectivity index (χ1v) is 6.91. The number of amides is 2. The second-order valence-corrected chi connectivity index (χ2v) is 5.26. The number of nitrogens with one attached hydrogen (secondary N) is 2. The van der Waals surface area contributed by atoms with E-state index in [0.29, 0.717) is 17.4 Å². The van der Waals surface area contributed by atoms with Crippen molar-refractivity contribution in [3.05, 3.63) is 34.1 Å². The Balaban J connectivity index is 2.14. The third kappa shape index (κ3) is 3.32. The standard InChI is InChI=1S/C13H14BrFN2O2/c14-8-4-3-5-9(15)11(8)13(19)17-10-6-1-2-7-16-12(10)18/h3-5,10H,1-2,6-7H2,(H,16,18)(H,17,19). The number of halogens is 2. The third-order valence-corrected chi connectivity index (χ3v) is 3.69. The Morgan fingerprint density at radius 3 is 2.95 bits per heavy atom. The van der Waals surface area contributed by atoms with E-state index >= 15 is 0 Å². The summed E-state index contributed by atoms with van der Waals surface area (Å²) in [6.07, 6.45) is 2.31. The van der Waals surface area contributed by atoms with Gasteiger partial charge in [-0.3, -0.25) is 9.59 Å². The molecule has 0 aromatic heterocycles. The molecule has 6 heteroatoms. The summed E-state index contributed by atoms with van der Waals surface area (Å²) < 4.78 is 14.0. The summed E-state index contributed by atoms with van der Waals surface area (Å²) >= 11 is 3.14. The molecule has 19 heavy (non-hydrogen) atoms. The molecule has 102 valence electrons. The SMILES string of the molecule is O=C(NC1CCCCNC1=O)c1c(F)cccc1Br. The summed E-state index contributed by atoms with van der Waals surface area (Å²) in [6, 6.07) is 3.72. The van der Waals surface area contributed by atoms with Crippen molar-refractivity contribution >= 4 is 27.7 Å².